The molecule has 232 valence electrons. The fraction of sp³-hybridized carbons (Fsp3) is 0.533. The van der Waals surface area contributed by atoms with Crippen LogP contribution in [-0.2, 0) is 22.8 Å². The minimum absolute atomic E-state index is 0.00289. The number of hydrogen-bond acceptors (Lipinski definition) is 7. The van der Waals surface area contributed by atoms with Crippen LogP contribution in [0.3, 0.4) is 0 Å². The summed E-state index contributed by atoms with van der Waals surface area (Å²) in [6.07, 6.45) is 3.91. The van der Waals surface area contributed by atoms with Crippen LogP contribution in [0.25, 0.3) is 22.2 Å². The molecule has 0 saturated heterocycles. The number of halogens is 2. The Kier molecular flexibility index (Phi) is 8.75. The molecule has 2 aromatic heterocycles. The van der Waals surface area contributed by atoms with Gasteiger partial charge in [0.2, 0.25) is 17.7 Å². The molecule has 1 fully saturated rings. The first-order valence-corrected chi connectivity index (χ1v) is 18.4. The molecule has 1 saturated carbocycles. The topological polar surface area (TPSA) is 108 Å². The molecule has 1 N–H and O–H groups in total. The number of aromatic nitrogens is 3. The van der Waals surface area contributed by atoms with E-state index in [0.29, 0.717) is 46.8 Å². The molecule has 2 amide bonds. The van der Waals surface area contributed by atoms with Gasteiger partial charge in [-0.15, -0.1) is 0 Å². The summed E-state index contributed by atoms with van der Waals surface area (Å²) in [4.78, 5) is 36.1. The van der Waals surface area contributed by atoms with Gasteiger partial charge in [0, 0.05) is 46.0 Å². The van der Waals surface area contributed by atoms with Crippen LogP contribution in [0, 0.1) is 5.92 Å². The molecule has 1 aliphatic carbocycles. The Labute approximate surface area is 250 Å². The number of benzene rings is 1. The van der Waals surface area contributed by atoms with Gasteiger partial charge in [0.25, 0.3) is 5.91 Å². The second kappa shape index (κ2) is 12.2. The third kappa shape index (κ3) is 6.82. The molecule has 43 heavy (non-hydrogen) atoms. The maximum absolute atomic E-state index is 13.6. The first kappa shape index (κ1) is 30.9. The van der Waals surface area contributed by atoms with Gasteiger partial charge in [0.15, 0.2) is 5.65 Å². The van der Waals surface area contributed by atoms with Gasteiger partial charge < -0.3 is 23.7 Å². The minimum Gasteiger partial charge on any atom is -0.477 e. The number of nitrogens with one attached hydrogen (secondary N) is 1. The van der Waals surface area contributed by atoms with Crippen molar-refractivity contribution in [3.8, 4) is 22.8 Å². The standard InChI is InChI=1S/C30H39F2N5O5Si/c1-7-41-27-25-22(15-36(16-40-10-11-43(4,5)6)26(25)34-30(35-27)33-18(3)38)20-12-21-14-37(17(2)19-8-9-19)28(39)24(21)23(13-20)42-29(31)32/h12-13,15,17,19,29H,7-11,14,16H2,1-6H3,(H,33,34,35,38)/t17-/m0/s1. The molecule has 3 heterocycles. The van der Waals surface area contributed by atoms with E-state index in [9.17, 15) is 18.4 Å². The lowest BCUT2D eigenvalue weighted by Gasteiger charge is -2.24. The number of amides is 2. The van der Waals surface area contributed by atoms with Crippen molar-refractivity contribution in [3.05, 3.63) is 29.5 Å². The first-order valence-electron chi connectivity index (χ1n) is 14.7. The molecule has 1 atom stereocenters. The molecule has 0 radical (unpaired) electrons. The van der Waals surface area contributed by atoms with Gasteiger partial charge in [-0.2, -0.15) is 18.7 Å². The lowest BCUT2D eigenvalue weighted by atomic mass is 9.99. The lowest BCUT2D eigenvalue weighted by Crippen LogP contribution is -2.34. The molecule has 13 heteroatoms. The van der Waals surface area contributed by atoms with Gasteiger partial charge in [0.1, 0.15) is 12.5 Å². The second-order valence-electron chi connectivity index (χ2n) is 12.4. The molecule has 2 aliphatic rings. The van der Waals surface area contributed by atoms with Crippen molar-refractivity contribution in [2.45, 2.75) is 85.2 Å². The predicted molar refractivity (Wildman–Crippen MR) is 161 cm³/mol. The smallest absolute Gasteiger partial charge is 0.387 e. The molecule has 1 aliphatic heterocycles. The van der Waals surface area contributed by atoms with E-state index in [-0.39, 0.29) is 54.3 Å². The van der Waals surface area contributed by atoms with Crippen LogP contribution in [0.5, 0.6) is 11.6 Å². The van der Waals surface area contributed by atoms with E-state index in [1.807, 2.05) is 26.1 Å². The fourth-order valence-corrected chi connectivity index (χ4v) is 6.17. The van der Waals surface area contributed by atoms with E-state index in [4.69, 9.17) is 14.2 Å². The predicted octanol–water partition coefficient (Wildman–Crippen LogP) is 6.12. The first-order chi connectivity index (χ1) is 20.4. The van der Waals surface area contributed by atoms with Crippen molar-refractivity contribution in [2.75, 3.05) is 18.5 Å². The largest absolute Gasteiger partial charge is 0.477 e. The van der Waals surface area contributed by atoms with E-state index in [1.54, 1.807) is 9.47 Å². The van der Waals surface area contributed by atoms with Crippen molar-refractivity contribution in [1.29, 1.82) is 0 Å². The minimum atomic E-state index is -3.11. The number of carbonyl (C=O) groups excluding carboxylic acids is 2. The molecule has 3 aromatic rings. The quantitative estimate of drug-likeness (QED) is 0.182. The summed E-state index contributed by atoms with van der Waals surface area (Å²) in [6, 6.07) is 4.28. The third-order valence-electron chi connectivity index (χ3n) is 7.80. The average molecular weight is 616 g/mol. The zero-order valence-corrected chi connectivity index (χ0v) is 26.5. The van der Waals surface area contributed by atoms with Crippen molar-refractivity contribution in [2.24, 2.45) is 5.92 Å². The zero-order valence-electron chi connectivity index (χ0n) is 25.5. The Bertz CT molecular complexity index is 1540. The van der Waals surface area contributed by atoms with Crippen LogP contribution in [0.1, 0.15) is 49.5 Å². The van der Waals surface area contributed by atoms with Gasteiger partial charge in [-0.1, -0.05) is 19.6 Å². The number of hydrogen-bond donors (Lipinski definition) is 1. The third-order valence-corrected chi connectivity index (χ3v) is 9.51. The lowest BCUT2D eigenvalue weighted by molar-refractivity contribution is -0.114. The van der Waals surface area contributed by atoms with E-state index < -0.39 is 14.7 Å². The van der Waals surface area contributed by atoms with E-state index in [2.05, 4.69) is 34.9 Å². The van der Waals surface area contributed by atoms with Gasteiger partial charge >= 0.3 is 6.61 Å². The van der Waals surface area contributed by atoms with E-state index in [0.717, 1.165) is 18.9 Å². The van der Waals surface area contributed by atoms with E-state index in [1.165, 1.54) is 13.0 Å². The summed E-state index contributed by atoms with van der Waals surface area (Å²) < 4.78 is 45.9. The highest BCUT2D eigenvalue weighted by Crippen LogP contribution is 2.44. The maximum Gasteiger partial charge on any atom is 0.387 e. The molecule has 0 unspecified atom stereocenters. The normalized spacial score (nSPS) is 15.7. The Morgan fingerprint density at radius 1 is 1.21 bits per heavy atom. The maximum atomic E-state index is 13.6. The van der Waals surface area contributed by atoms with Crippen molar-refractivity contribution in [1.82, 2.24) is 19.4 Å². The van der Waals surface area contributed by atoms with Crippen LogP contribution >= 0.6 is 0 Å². The van der Waals surface area contributed by atoms with Crippen LogP contribution in [0.15, 0.2) is 18.3 Å². The Balaban J connectivity index is 1.63. The molecular weight excluding hydrogens is 576 g/mol. The molecular formula is C30H39F2N5O5Si. The van der Waals surface area contributed by atoms with Crippen molar-refractivity contribution < 1.29 is 32.6 Å². The summed E-state index contributed by atoms with van der Waals surface area (Å²) in [6.45, 7) is 10.2. The monoisotopic (exact) mass is 615 g/mol. The molecule has 0 spiro atoms. The summed E-state index contributed by atoms with van der Waals surface area (Å²) in [5, 5.41) is 3.15. The van der Waals surface area contributed by atoms with Crippen LogP contribution in [-0.4, -0.2) is 65.2 Å². The van der Waals surface area contributed by atoms with Gasteiger partial charge in [-0.3, -0.25) is 14.9 Å². The summed E-state index contributed by atoms with van der Waals surface area (Å²) in [7, 11) is -1.33. The van der Waals surface area contributed by atoms with Crippen LogP contribution in [0.2, 0.25) is 25.7 Å². The van der Waals surface area contributed by atoms with Gasteiger partial charge in [0.05, 0.1) is 17.6 Å². The summed E-state index contributed by atoms with van der Waals surface area (Å²) >= 11 is 0. The van der Waals surface area contributed by atoms with Crippen LogP contribution < -0.4 is 14.8 Å². The van der Waals surface area contributed by atoms with Gasteiger partial charge in [-0.05, 0) is 61.9 Å². The Hall–Kier alpha value is -3.58. The number of rotatable bonds is 13. The second-order valence-corrected chi connectivity index (χ2v) is 18.0. The zero-order chi connectivity index (χ0) is 31.1. The molecule has 5 rings (SSSR count). The van der Waals surface area contributed by atoms with Crippen molar-refractivity contribution >= 4 is 36.9 Å². The van der Waals surface area contributed by atoms with E-state index >= 15 is 0 Å². The van der Waals surface area contributed by atoms with Crippen molar-refractivity contribution in [3.63, 3.8) is 0 Å². The summed E-state index contributed by atoms with van der Waals surface area (Å²) in [5.74, 6) is -0.0908. The number of nitrogens with zero attached hydrogens (tertiary/aromatic N) is 4. The highest BCUT2D eigenvalue weighted by molar-refractivity contribution is 6.76. The highest BCUT2D eigenvalue weighted by Gasteiger charge is 2.40. The Morgan fingerprint density at radius 3 is 2.58 bits per heavy atom. The molecule has 1 aromatic carbocycles. The number of anilines is 1. The SMILES string of the molecule is CCOc1nc(NC(C)=O)nc2c1c(-c1cc3c(c(OC(F)F)c1)C(=O)N([C@@H](C)C1CC1)C3)cn2COCC[Si](C)(C)C. The molecule has 0 bridgehead atoms. The Morgan fingerprint density at radius 2 is 1.95 bits per heavy atom. The van der Waals surface area contributed by atoms with Crippen LogP contribution in [0.4, 0.5) is 14.7 Å². The molecule has 10 nitrogen and oxygen atoms in total. The number of fused-ring (bicyclic) bond motifs is 2. The number of carbonyl (C=O) groups is 2. The number of alkyl halides is 2. The summed E-state index contributed by atoms with van der Waals surface area (Å²) in [5.41, 5.74) is 2.38. The van der Waals surface area contributed by atoms with Gasteiger partial charge in [-0.25, -0.2) is 0 Å². The highest BCUT2D eigenvalue weighted by atomic mass is 28.3. The number of ether oxygens (including phenoxy) is 3. The average Bonchev–Trinajstić information content (AvgIpc) is 3.62. The fourth-order valence-electron chi connectivity index (χ4n) is 5.41.